The van der Waals surface area contributed by atoms with Gasteiger partial charge in [-0.3, -0.25) is 4.79 Å². The number of nitrogens with one attached hydrogen (secondary N) is 1. The number of aryl methyl sites for hydroxylation is 1. The van der Waals surface area contributed by atoms with Crippen LogP contribution in [-0.2, 0) is 7.05 Å². The van der Waals surface area contributed by atoms with Crippen molar-refractivity contribution in [2.75, 3.05) is 5.32 Å². The van der Waals surface area contributed by atoms with Crippen molar-refractivity contribution in [3.8, 4) is 0 Å². The highest BCUT2D eigenvalue weighted by molar-refractivity contribution is 5.32. The van der Waals surface area contributed by atoms with Crippen LogP contribution in [0, 0.1) is 5.92 Å². The van der Waals surface area contributed by atoms with Crippen molar-refractivity contribution in [3.05, 3.63) is 22.7 Å². The number of anilines is 1. The molecule has 1 N–H and O–H groups in total. The molecule has 1 aliphatic carbocycles. The van der Waals surface area contributed by atoms with E-state index >= 15 is 0 Å². The summed E-state index contributed by atoms with van der Waals surface area (Å²) in [7, 11) is 1.76. The van der Waals surface area contributed by atoms with E-state index in [1.165, 1.54) is 25.7 Å². The van der Waals surface area contributed by atoms with Gasteiger partial charge in [-0.2, -0.15) is 0 Å². The van der Waals surface area contributed by atoms with E-state index in [9.17, 15) is 4.79 Å². The van der Waals surface area contributed by atoms with Crippen LogP contribution in [0.3, 0.4) is 0 Å². The normalized spacial score (nSPS) is 24.6. The Kier molecular flexibility index (Phi) is 3.82. The SMILES string of the molecule is CCC1CCCCC1Nc1nccn(C)c1=O. The molecule has 0 bridgehead atoms. The molecular weight excluding hydrogens is 214 g/mol. The second-order valence-electron chi connectivity index (χ2n) is 4.90. The van der Waals surface area contributed by atoms with Crippen molar-refractivity contribution < 1.29 is 0 Å². The molecule has 4 heteroatoms. The fourth-order valence-corrected chi connectivity index (χ4v) is 2.66. The van der Waals surface area contributed by atoms with Crippen molar-refractivity contribution in [1.29, 1.82) is 0 Å². The first kappa shape index (κ1) is 12.1. The van der Waals surface area contributed by atoms with Crippen LogP contribution >= 0.6 is 0 Å². The van der Waals surface area contributed by atoms with Crippen molar-refractivity contribution >= 4 is 5.82 Å². The summed E-state index contributed by atoms with van der Waals surface area (Å²) in [6.07, 6.45) is 9.52. The Morgan fingerprint density at radius 3 is 3.00 bits per heavy atom. The number of rotatable bonds is 3. The van der Waals surface area contributed by atoms with Crippen molar-refractivity contribution in [2.45, 2.75) is 45.1 Å². The molecule has 0 saturated heterocycles. The molecule has 0 spiro atoms. The summed E-state index contributed by atoms with van der Waals surface area (Å²) in [5.41, 5.74) is -0.0343. The molecule has 94 valence electrons. The molecule has 2 rings (SSSR count). The fraction of sp³-hybridized carbons (Fsp3) is 0.692. The lowest BCUT2D eigenvalue weighted by Gasteiger charge is -2.31. The van der Waals surface area contributed by atoms with Gasteiger partial charge in [0.1, 0.15) is 0 Å². The summed E-state index contributed by atoms with van der Waals surface area (Å²) >= 11 is 0. The van der Waals surface area contributed by atoms with Crippen LogP contribution in [0.5, 0.6) is 0 Å². The van der Waals surface area contributed by atoms with Crippen LogP contribution in [0.4, 0.5) is 5.82 Å². The summed E-state index contributed by atoms with van der Waals surface area (Å²) in [6.45, 7) is 2.22. The molecule has 0 amide bonds. The quantitative estimate of drug-likeness (QED) is 0.873. The largest absolute Gasteiger partial charge is 0.362 e. The van der Waals surface area contributed by atoms with E-state index in [-0.39, 0.29) is 5.56 Å². The maximum atomic E-state index is 11.9. The molecule has 1 saturated carbocycles. The summed E-state index contributed by atoms with van der Waals surface area (Å²) in [6, 6.07) is 0.413. The molecule has 1 aliphatic rings. The van der Waals surface area contributed by atoms with Gasteiger partial charge in [-0.05, 0) is 18.8 Å². The second-order valence-corrected chi connectivity index (χ2v) is 4.90. The predicted octanol–water partition coefficient (Wildman–Crippen LogP) is 2.16. The number of hydrogen-bond donors (Lipinski definition) is 1. The summed E-state index contributed by atoms with van der Waals surface area (Å²) < 4.78 is 1.57. The standard InChI is InChI=1S/C13H21N3O/c1-3-10-6-4-5-7-11(10)15-12-13(17)16(2)9-8-14-12/h8-11H,3-7H2,1-2H3,(H,14,15). The maximum Gasteiger partial charge on any atom is 0.293 e. The molecule has 1 fully saturated rings. The monoisotopic (exact) mass is 235 g/mol. The zero-order valence-electron chi connectivity index (χ0n) is 10.6. The number of nitrogens with zero attached hydrogens (tertiary/aromatic N) is 2. The Hall–Kier alpha value is -1.32. The Balaban J connectivity index is 2.14. The van der Waals surface area contributed by atoms with E-state index in [4.69, 9.17) is 0 Å². The minimum atomic E-state index is -0.0343. The lowest BCUT2D eigenvalue weighted by Crippen LogP contribution is -2.35. The Bertz CT molecular complexity index is 427. The lowest BCUT2D eigenvalue weighted by atomic mass is 9.83. The molecular formula is C13H21N3O. The summed E-state index contributed by atoms with van der Waals surface area (Å²) in [4.78, 5) is 16.0. The van der Waals surface area contributed by atoms with Gasteiger partial charge in [-0.25, -0.2) is 4.98 Å². The Morgan fingerprint density at radius 2 is 2.24 bits per heavy atom. The van der Waals surface area contributed by atoms with Crippen molar-refractivity contribution in [2.24, 2.45) is 13.0 Å². The van der Waals surface area contributed by atoms with Gasteiger partial charge >= 0.3 is 0 Å². The lowest BCUT2D eigenvalue weighted by molar-refractivity contribution is 0.316. The van der Waals surface area contributed by atoms with Gasteiger partial charge in [-0.1, -0.05) is 26.2 Å². The first-order valence-corrected chi connectivity index (χ1v) is 6.50. The average Bonchev–Trinajstić information content (AvgIpc) is 2.35. The third-order valence-electron chi connectivity index (χ3n) is 3.77. The van der Waals surface area contributed by atoms with E-state index in [1.54, 1.807) is 24.0 Å². The molecule has 2 unspecified atom stereocenters. The number of aromatic nitrogens is 2. The van der Waals surface area contributed by atoms with E-state index in [1.807, 2.05) is 0 Å². The van der Waals surface area contributed by atoms with Gasteiger partial charge < -0.3 is 9.88 Å². The van der Waals surface area contributed by atoms with Gasteiger partial charge in [0, 0.05) is 25.5 Å². The first-order chi connectivity index (χ1) is 8.22. The summed E-state index contributed by atoms with van der Waals surface area (Å²) in [5.74, 6) is 1.18. The van der Waals surface area contributed by atoms with Crippen LogP contribution < -0.4 is 10.9 Å². The molecule has 1 heterocycles. The van der Waals surface area contributed by atoms with Crippen molar-refractivity contribution in [1.82, 2.24) is 9.55 Å². The van der Waals surface area contributed by atoms with E-state index in [2.05, 4.69) is 17.2 Å². The zero-order chi connectivity index (χ0) is 12.3. The number of hydrogen-bond acceptors (Lipinski definition) is 3. The predicted molar refractivity (Wildman–Crippen MR) is 69.1 cm³/mol. The molecule has 0 radical (unpaired) electrons. The van der Waals surface area contributed by atoms with Crippen LogP contribution in [0.25, 0.3) is 0 Å². The molecule has 0 aliphatic heterocycles. The van der Waals surface area contributed by atoms with Gasteiger partial charge in [0.15, 0.2) is 5.82 Å². The van der Waals surface area contributed by atoms with Gasteiger partial charge in [0.25, 0.3) is 5.56 Å². The highest BCUT2D eigenvalue weighted by atomic mass is 16.1. The molecule has 4 nitrogen and oxygen atoms in total. The Labute approximate surface area is 102 Å². The van der Waals surface area contributed by atoms with Gasteiger partial charge in [-0.15, -0.1) is 0 Å². The maximum absolute atomic E-state index is 11.9. The second kappa shape index (κ2) is 5.34. The topological polar surface area (TPSA) is 46.9 Å². The third kappa shape index (κ3) is 2.68. The fourth-order valence-electron chi connectivity index (χ4n) is 2.66. The van der Waals surface area contributed by atoms with E-state index < -0.39 is 0 Å². The highest BCUT2D eigenvalue weighted by Gasteiger charge is 2.24. The Morgan fingerprint density at radius 1 is 1.47 bits per heavy atom. The van der Waals surface area contributed by atoms with Crippen LogP contribution in [0.2, 0.25) is 0 Å². The highest BCUT2D eigenvalue weighted by Crippen LogP contribution is 2.28. The average molecular weight is 235 g/mol. The van der Waals surface area contributed by atoms with Crippen LogP contribution in [0.1, 0.15) is 39.0 Å². The first-order valence-electron chi connectivity index (χ1n) is 6.50. The summed E-state index contributed by atoms with van der Waals surface area (Å²) in [5, 5.41) is 3.35. The minimum absolute atomic E-state index is 0.0343. The molecule has 1 aromatic heterocycles. The molecule has 17 heavy (non-hydrogen) atoms. The zero-order valence-corrected chi connectivity index (χ0v) is 10.6. The van der Waals surface area contributed by atoms with Crippen LogP contribution in [0.15, 0.2) is 17.2 Å². The third-order valence-corrected chi connectivity index (χ3v) is 3.77. The minimum Gasteiger partial charge on any atom is -0.362 e. The molecule has 0 aromatic carbocycles. The van der Waals surface area contributed by atoms with Crippen molar-refractivity contribution in [3.63, 3.8) is 0 Å². The van der Waals surface area contributed by atoms with Gasteiger partial charge in [0.2, 0.25) is 0 Å². The van der Waals surface area contributed by atoms with E-state index in [0.717, 1.165) is 6.42 Å². The molecule has 2 atom stereocenters. The van der Waals surface area contributed by atoms with E-state index in [0.29, 0.717) is 17.8 Å². The smallest absolute Gasteiger partial charge is 0.293 e. The van der Waals surface area contributed by atoms with Crippen LogP contribution in [-0.4, -0.2) is 15.6 Å². The van der Waals surface area contributed by atoms with Gasteiger partial charge in [0.05, 0.1) is 0 Å². The molecule has 1 aromatic rings.